The molecular formula is C19H26N4O5. The summed E-state index contributed by atoms with van der Waals surface area (Å²) in [6.07, 6.45) is 0.621. The van der Waals surface area contributed by atoms with Crippen LogP contribution < -0.4 is 16.0 Å². The number of rotatable bonds is 6. The first-order chi connectivity index (χ1) is 13.4. The lowest BCUT2D eigenvalue weighted by atomic mass is 10.1. The molecule has 1 fully saturated rings. The van der Waals surface area contributed by atoms with E-state index in [2.05, 4.69) is 16.0 Å². The van der Waals surface area contributed by atoms with Crippen LogP contribution in [0.1, 0.15) is 33.1 Å². The molecule has 0 aromatic heterocycles. The van der Waals surface area contributed by atoms with Gasteiger partial charge in [0.15, 0.2) is 0 Å². The Hall–Kier alpha value is -3.10. The number of carbonyl (C=O) groups excluding carboxylic acids is 4. The van der Waals surface area contributed by atoms with Gasteiger partial charge in [0.25, 0.3) is 0 Å². The highest BCUT2D eigenvalue weighted by molar-refractivity contribution is 6.03. The third-order valence-electron chi connectivity index (χ3n) is 4.20. The second-order valence-electron chi connectivity index (χ2n) is 6.51. The highest BCUT2D eigenvalue weighted by atomic mass is 16.6. The van der Waals surface area contributed by atoms with Gasteiger partial charge in [-0.05, 0) is 44.0 Å². The van der Waals surface area contributed by atoms with E-state index in [9.17, 15) is 19.2 Å². The summed E-state index contributed by atoms with van der Waals surface area (Å²) in [4.78, 5) is 48.4. The summed E-state index contributed by atoms with van der Waals surface area (Å²) in [5.41, 5.74) is 1.16. The van der Waals surface area contributed by atoms with Gasteiger partial charge >= 0.3 is 6.09 Å². The number of ether oxygens (including phenoxy) is 1. The normalized spacial score (nSPS) is 14.1. The lowest BCUT2D eigenvalue weighted by molar-refractivity contribution is -0.127. The Morgan fingerprint density at radius 2 is 1.57 bits per heavy atom. The molecule has 0 atom stereocenters. The average Bonchev–Trinajstić information content (AvgIpc) is 2.63. The van der Waals surface area contributed by atoms with Crippen molar-refractivity contribution < 1.29 is 23.9 Å². The molecule has 1 aliphatic rings. The quantitative estimate of drug-likeness (QED) is 0.640. The van der Waals surface area contributed by atoms with Crippen molar-refractivity contribution in [3.63, 3.8) is 0 Å². The van der Waals surface area contributed by atoms with Crippen LogP contribution in [0.25, 0.3) is 0 Å². The molecule has 1 aromatic rings. The molecule has 1 heterocycles. The van der Waals surface area contributed by atoms with E-state index in [-0.39, 0.29) is 30.4 Å². The SMILES string of the molecule is CCOC(=O)N1CCC(NC(=O)CC(=O)Nc2ccc(NC(C)=O)cc2)CC1. The van der Waals surface area contributed by atoms with E-state index in [1.165, 1.54) is 6.92 Å². The van der Waals surface area contributed by atoms with E-state index >= 15 is 0 Å². The Labute approximate surface area is 163 Å². The van der Waals surface area contributed by atoms with Crippen LogP contribution in [0.15, 0.2) is 24.3 Å². The predicted molar refractivity (Wildman–Crippen MR) is 104 cm³/mol. The minimum absolute atomic E-state index is 0.0667. The zero-order valence-corrected chi connectivity index (χ0v) is 16.1. The number of carbonyl (C=O) groups is 4. The van der Waals surface area contributed by atoms with Crippen molar-refractivity contribution in [2.45, 2.75) is 39.2 Å². The monoisotopic (exact) mass is 390 g/mol. The maximum absolute atomic E-state index is 12.1. The van der Waals surface area contributed by atoms with E-state index in [1.54, 1.807) is 36.1 Å². The van der Waals surface area contributed by atoms with Gasteiger partial charge in [-0.3, -0.25) is 14.4 Å². The first-order valence-corrected chi connectivity index (χ1v) is 9.26. The molecule has 0 aliphatic carbocycles. The molecular weight excluding hydrogens is 364 g/mol. The Morgan fingerprint density at radius 1 is 1.00 bits per heavy atom. The summed E-state index contributed by atoms with van der Waals surface area (Å²) in [6.45, 7) is 4.52. The van der Waals surface area contributed by atoms with Crippen LogP contribution in [0.4, 0.5) is 16.2 Å². The molecule has 3 N–H and O–H groups in total. The Balaban J connectivity index is 1.72. The molecule has 152 valence electrons. The maximum atomic E-state index is 12.1. The summed E-state index contributed by atoms with van der Waals surface area (Å²) in [5, 5.41) is 8.11. The van der Waals surface area contributed by atoms with Gasteiger partial charge in [0.2, 0.25) is 17.7 Å². The number of likely N-dealkylation sites (tertiary alicyclic amines) is 1. The molecule has 1 aromatic carbocycles. The van der Waals surface area contributed by atoms with Crippen molar-refractivity contribution in [1.82, 2.24) is 10.2 Å². The van der Waals surface area contributed by atoms with Gasteiger partial charge in [0.05, 0.1) is 6.61 Å². The van der Waals surface area contributed by atoms with E-state index < -0.39 is 5.91 Å². The maximum Gasteiger partial charge on any atom is 0.409 e. The number of nitrogens with zero attached hydrogens (tertiary/aromatic N) is 1. The molecule has 28 heavy (non-hydrogen) atoms. The number of hydrogen-bond acceptors (Lipinski definition) is 5. The number of hydrogen-bond donors (Lipinski definition) is 3. The Bertz CT molecular complexity index is 712. The molecule has 9 heteroatoms. The molecule has 0 unspecified atom stereocenters. The second-order valence-corrected chi connectivity index (χ2v) is 6.51. The van der Waals surface area contributed by atoms with E-state index in [0.717, 1.165) is 0 Å². The molecule has 2 rings (SSSR count). The lowest BCUT2D eigenvalue weighted by Gasteiger charge is -2.31. The molecule has 0 saturated carbocycles. The number of benzene rings is 1. The molecule has 4 amide bonds. The summed E-state index contributed by atoms with van der Waals surface area (Å²) >= 11 is 0. The van der Waals surface area contributed by atoms with E-state index in [1.807, 2.05) is 0 Å². The van der Waals surface area contributed by atoms with Crippen LogP contribution in [0.5, 0.6) is 0 Å². The highest BCUT2D eigenvalue weighted by Gasteiger charge is 2.25. The molecule has 1 saturated heterocycles. The Kier molecular flexibility index (Phi) is 7.79. The molecule has 0 spiro atoms. The van der Waals surface area contributed by atoms with Crippen LogP contribution in [-0.2, 0) is 19.1 Å². The fraction of sp³-hybridized carbons (Fsp3) is 0.474. The summed E-state index contributed by atoms with van der Waals surface area (Å²) in [6, 6.07) is 6.55. The molecule has 0 bridgehead atoms. The van der Waals surface area contributed by atoms with Gasteiger partial charge < -0.3 is 25.6 Å². The van der Waals surface area contributed by atoms with Crippen molar-refractivity contribution in [1.29, 1.82) is 0 Å². The van der Waals surface area contributed by atoms with Gasteiger partial charge in [0, 0.05) is 37.4 Å². The number of piperidine rings is 1. The molecule has 1 aliphatic heterocycles. The first-order valence-electron chi connectivity index (χ1n) is 9.26. The zero-order valence-electron chi connectivity index (χ0n) is 16.1. The van der Waals surface area contributed by atoms with Crippen LogP contribution in [0.3, 0.4) is 0 Å². The molecule has 0 radical (unpaired) electrons. The third-order valence-corrected chi connectivity index (χ3v) is 4.20. The third kappa shape index (κ3) is 6.90. The lowest BCUT2D eigenvalue weighted by Crippen LogP contribution is -2.47. The highest BCUT2D eigenvalue weighted by Crippen LogP contribution is 2.14. The predicted octanol–water partition coefficient (Wildman–Crippen LogP) is 1.71. The van der Waals surface area contributed by atoms with Crippen molar-refractivity contribution in [3.05, 3.63) is 24.3 Å². The number of anilines is 2. The summed E-state index contributed by atoms with van der Waals surface area (Å²) in [5.74, 6) is -0.961. The number of amides is 4. The van der Waals surface area contributed by atoms with Crippen LogP contribution in [0, 0.1) is 0 Å². The zero-order chi connectivity index (χ0) is 20.5. The van der Waals surface area contributed by atoms with Gasteiger partial charge in [-0.25, -0.2) is 4.79 Å². The van der Waals surface area contributed by atoms with Crippen molar-refractivity contribution in [2.75, 3.05) is 30.3 Å². The smallest absolute Gasteiger partial charge is 0.409 e. The van der Waals surface area contributed by atoms with E-state index in [4.69, 9.17) is 4.74 Å². The summed E-state index contributed by atoms with van der Waals surface area (Å²) < 4.78 is 4.96. The molecule has 9 nitrogen and oxygen atoms in total. The largest absolute Gasteiger partial charge is 0.450 e. The average molecular weight is 390 g/mol. The van der Waals surface area contributed by atoms with Crippen molar-refractivity contribution >= 4 is 35.2 Å². The number of nitrogens with one attached hydrogen (secondary N) is 3. The van der Waals surface area contributed by atoms with Gasteiger partial charge in [-0.2, -0.15) is 0 Å². The van der Waals surface area contributed by atoms with Gasteiger partial charge in [-0.1, -0.05) is 0 Å². The van der Waals surface area contributed by atoms with Crippen LogP contribution in [0.2, 0.25) is 0 Å². The van der Waals surface area contributed by atoms with Crippen molar-refractivity contribution in [2.24, 2.45) is 0 Å². The van der Waals surface area contributed by atoms with Crippen LogP contribution in [-0.4, -0.2) is 54.5 Å². The Morgan fingerprint density at radius 3 is 2.11 bits per heavy atom. The minimum Gasteiger partial charge on any atom is -0.450 e. The standard InChI is InChI=1S/C19H26N4O5/c1-3-28-19(27)23-10-8-16(9-11-23)22-18(26)12-17(25)21-15-6-4-14(5-7-15)20-13(2)24/h4-7,16H,3,8-12H2,1-2H3,(H,20,24)(H,21,25)(H,22,26). The fourth-order valence-corrected chi connectivity index (χ4v) is 2.89. The van der Waals surface area contributed by atoms with E-state index in [0.29, 0.717) is 43.9 Å². The van der Waals surface area contributed by atoms with Gasteiger partial charge in [0.1, 0.15) is 6.42 Å². The minimum atomic E-state index is -0.422. The second kappa shape index (κ2) is 10.3. The topological polar surface area (TPSA) is 117 Å². The first kappa shape index (κ1) is 21.2. The summed E-state index contributed by atoms with van der Waals surface area (Å²) in [7, 11) is 0. The fourth-order valence-electron chi connectivity index (χ4n) is 2.89. The van der Waals surface area contributed by atoms with Crippen molar-refractivity contribution in [3.8, 4) is 0 Å². The van der Waals surface area contributed by atoms with Gasteiger partial charge in [-0.15, -0.1) is 0 Å². The van der Waals surface area contributed by atoms with Crippen LogP contribution >= 0.6 is 0 Å².